The van der Waals surface area contributed by atoms with E-state index in [0.29, 0.717) is 16.7 Å². The van der Waals surface area contributed by atoms with E-state index >= 15 is 0 Å². The standard InChI is InChI=1S/C28H28N2O5/c31-24(29-28-12-18-9-19(13-28)11-20(10-18)14-28)16-35-27(34)21-7-5-17(6-8-21)15-30-25(32)22-3-1-2-4-23(22)26(30)33/h1-8,18-20H,9-16H2,(H,29,31). The summed E-state index contributed by atoms with van der Waals surface area (Å²) in [6, 6.07) is 13.3. The van der Waals surface area contributed by atoms with Gasteiger partial charge in [-0.1, -0.05) is 24.3 Å². The van der Waals surface area contributed by atoms with Crippen LogP contribution in [0.1, 0.15) is 75.2 Å². The molecule has 1 N–H and O–H groups in total. The number of rotatable bonds is 6. The lowest BCUT2D eigenvalue weighted by Crippen LogP contribution is -2.60. The summed E-state index contributed by atoms with van der Waals surface area (Å²) in [5.41, 5.74) is 1.74. The summed E-state index contributed by atoms with van der Waals surface area (Å²) < 4.78 is 5.28. The average Bonchev–Trinajstić information content (AvgIpc) is 3.07. The van der Waals surface area contributed by atoms with E-state index in [2.05, 4.69) is 5.32 Å². The van der Waals surface area contributed by atoms with Gasteiger partial charge < -0.3 is 10.1 Å². The van der Waals surface area contributed by atoms with Crippen LogP contribution >= 0.6 is 0 Å². The van der Waals surface area contributed by atoms with Crippen LogP contribution in [0.15, 0.2) is 48.5 Å². The third-order valence-electron chi connectivity index (χ3n) is 8.19. The topological polar surface area (TPSA) is 92.8 Å². The van der Waals surface area contributed by atoms with Crippen molar-refractivity contribution < 1.29 is 23.9 Å². The van der Waals surface area contributed by atoms with Crippen LogP contribution in [0.25, 0.3) is 0 Å². The van der Waals surface area contributed by atoms with E-state index in [0.717, 1.165) is 42.6 Å². The Balaban J connectivity index is 1.03. The smallest absolute Gasteiger partial charge is 0.338 e. The number of esters is 1. The Morgan fingerprint density at radius 1 is 0.857 bits per heavy atom. The maximum absolute atomic E-state index is 12.6. The minimum atomic E-state index is -0.571. The minimum absolute atomic E-state index is 0.107. The lowest BCUT2D eigenvalue weighted by atomic mass is 9.53. The number of ether oxygens (including phenoxy) is 1. The zero-order chi connectivity index (χ0) is 24.2. The molecular weight excluding hydrogens is 444 g/mol. The minimum Gasteiger partial charge on any atom is -0.452 e. The van der Waals surface area contributed by atoms with Crippen molar-refractivity contribution in [3.8, 4) is 0 Å². The van der Waals surface area contributed by atoms with Crippen LogP contribution in [0.3, 0.4) is 0 Å². The van der Waals surface area contributed by atoms with Gasteiger partial charge in [0.05, 0.1) is 23.2 Å². The van der Waals surface area contributed by atoms with Gasteiger partial charge in [-0.05, 0) is 86.1 Å². The van der Waals surface area contributed by atoms with Crippen LogP contribution < -0.4 is 5.32 Å². The first kappa shape index (κ1) is 22.0. The highest BCUT2D eigenvalue weighted by atomic mass is 16.5. The first-order chi connectivity index (χ1) is 16.9. The second-order valence-corrected chi connectivity index (χ2v) is 10.8. The number of hydrogen-bond donors (Lipinski definition) is 1. The summed E-state index contributed by atoms with van der Waals surface area (Å²) in [4.78, 5) is 51.4. The van der Waals surface area contributed by atoms with Gasteiger partial charge in [-0.3, -0.25) is 19.3 Å². The number of benzene rings is 2. The molecule has 35 heavy (non-hydrogen) atoms. The molecule has 5 aliphatic rings. The van der Waals surface area contributed by atoms with Crippen LogP contribution in [0.5, 0.6) is 0 Å². The number of imide groups is 1. The summed E-state index contributed by atoms with van der Waals surface area (Å²) in [7, 11) is 0. The summed E-state index contributed by atoms with van der Waals surface area (Å²) in [6.45, 7) is -0.174. The number of carbonyl (C=O) groups is 4. The summed E-state index contributed by atoms with van der Waals surface area (Å²) in [6.07, 6.45) is 7.04. The monoisotopic (exact) mass is 472 g/mol. The Hall–Kier alpha value is -3.48. The molecule has 2 aromatic rings. The van der Waals surface area contributed by atoms with E-state index in [1.54, 1.807) is 48.5 Å². The van der Waals surface area contributed by atoms with Crippen molar-refractivity contribution in [2.75, 3.05) is 6.61 Å². The maximum Gasteiger partial charge on any atom is 0.338 e. The van der Waals surface area contributed by atoms with Gasteiger partial charge in [0.1, 0.15) is 0 Å². The van der Waals surface area contributed by atoms with Crippen molar-refractivity contribution in [1.82, 2.24) is 10.2 Å². The van der Waals surface area contributed by atoms with E-state index in [9.17, 15) is 19.2 Å². The molecule has 0 atom stereocenters. The highest BCUT2D eigenvalue weighted by molar-refractivity contribution is 6.21. The molecule has 0 spiro atoms. The van der Waals surface area contributed by atoms with Crippen molar-refractivity contribution in [2.24, 2.45) is 17.8 Å². The molecule has 7 nitrogen and oxygen atoms in total. The largest absolute Gasteiger partial charge is 0.452 e. The fraction of sp³-hybridized carbons (Fsp3) is 0.429. The fourth-order valence-electron chi connectivity index (χ4n) is 7.12. The summed E-state index contributed by atoms with van der Waals surface area (Å²) in [5.74, 6) is 0.729. The van der Waals surface area contributed by atoms with Gasteiger partial charge in [-0.2, -0.15) is 0 Å². The fourth-order valence-corrected chi connectivity index (χ4v) is 7.12. The van der Waals surface area contributed by atoms with E-state index in [1.807, 2.05) is 0 Å². The molecule has 7 heteroatoms. The molecule has 1 heterocycles. The van der Waals surface area contributed by atoms with Gasteiger partial charge in [-0.15, -0.1) is 0 Å². The quantitative estimate of drug-likeness (QED) is 0.511. The highest BCUT2D eigenvalue weighted by Gasteiger charge is 2.51. The van der Waals surface area contributed by atoms with E-state index < -0.39 is 5.97 Å². The molecule has 4 saturated carbocycles. The Labute approximate surface area is 203 Å². The second kappa shape index (κ2) is 8.33. The third-order valence-corrected chi connectivity index (χ3v) is 8.19. The molecule has 4 bridgehead atoms. The normalized spacial score (nSPS) is 28.2. The second-order valence-electron chi connectivity index (χ2n) is 10.8. The first-order valence-electron chi connectivity index (χ1n) is 12.4. The average molecular weight is 473 g/mol. The van der Waals surface area contributed by atoms with Gasteiger partial charge in [0.2, 0.25) is 0 Å². The number of nitrogens with one attached hydrogen (secondary N) is 1. The van der Waals surface area contributed by atoms with Crippen molar-refractivity contribution in [2.45, 2.75) is 50.6 Å². The Morgan fingerprint density at radius 3 is 1.94 bits per heavy atom. The van der Waals surface area contributed by atoms with Crippen LogP contribution in [0.4, 0.5) is 0 Å². The first-order valence-corrected chi connectivity index (χ1v) is 12.4. The van der Waals surface area contributed by atoms with Gasteiger partial charge >= 0.3 is 5.97 Å². The molecule has 4 aliphatic carbocycles. The molecule has 0 saturated heterocycles. The number of fused-ring (bicyclic) bond motifs is 1. The van der Waals surface area contributed by atoms with Crippen molar-refractivity contribution in [3.63, 3.8) is 0 Å². The predicted octanol–water partition coefficient (Wildman–Crippen LogP) is 3.72. The summed E-state index contributed by atoms with van der Waals surface area (Å²) in [5, 5.41) is 3.21. The predicted molar refractivity (Wildman–Crippen MR) is 126 cm³/mol. The maximum atomic E-state index is 12.6. The lowest BCUT2D eigenvalue weighted by molar-refractivity contribution is -0.130. The SMILES string of the molecule is O=C(COC(=O)c1ccc(CN2C(=O)c3ccccc3C2=O)cc1)NC12CC3CC(CC(C3)C1)C2. The summed E-state index contributed by atoms with van der Waals surface area (Å²) >= 11 is 0. The number of carbonyl (C=O) groups excluding carboxylic acids is 4. The van der Waals surface area contributed by atoms with Crippen LogP contribution in [-0.2, 0) is 16.1 Å². The molecule has 1 aliphatic heterocycles. The molecule has 0 aromatic heterocycles. The molecule has 7 rings (SSSR count). The molecule has 180 valence electrons. The molecule has 4 fully saturated rings. The molecule has 0 radical (unpaired) electrons. The molecule has 0 unspecified atom stereocenters. The zero-order valence-electron chi connectivity index (χ0n) is 19.5. The van der Waals surface area contributed by atoms with Crippen LogP contribution in [0, 0.1) is 17.8 Å². The van der Waals surface area contributed by atoms with Crippen LogP contribution in [-0.4, -0.2) is 40.7 Å². The van der Waals surface area contributed by atoms with Gasteiger partial charge in [0.15, 0.2) is 6.61 Å². The Morgan fingerprint density at radius 2 is 1.40 bits per heavy atom. The van der Waals surface area contributed by atoms with Crippen LogP contribution in [0.2, 0.25) is 0 Å². The number of nitrogens with zero attached hydrogens (tertiary/aromatic N) is 1. The lowest BCUT2D eigenvalue weighted by Gasteiger charge is -2.56. The van der Waals surface area contributed by atoms with Gasteiger partial charge in [-0.25, -0.2) is 4.79 Å². The Bertz CT molecular complexity index is 1150. The number of amides is 3. The van der Waals surface area contributed by atoms with Crippen molar-refractivity contribution in [3.05, 3.63) is 70.8 Å². The van der Waals surface area contributed by atoms with E-state index in [1.165, 1.54) is 24.2 Å². The highest BCUT2D eigenvalue weighted by Crippen LogP contribution is 2.55. The third kappa shape index (κ3) is 4.03. The molecular formula is C28H28N2O5. The molecule has 3 amide bonds. The van der Waals surface area contributed by atoms with E-state index in [4.69, 9.17) is 4.74 Å². The zero-order valence-corrected chi connectivity index (χ0v) is 19.5. The van der Waals surface area contributed by atoms with Gasteiger partial charge in [0.25, 0.3) is 17.7 Å². The number of hydrogen-bond acceptors (Lipinski definition) is 5. The molecule has 2 aromatic carbocycles. The van der Waals surface area contributed by atoms with Gasteiger partial charge in [0, 0.05) is 5.54 Å². The van der Waals surface area contributed by atoms with Crippen molar-refractivity contribution >= 4 is 23.7 Å². The Kier molecular flexibility index (Phi) is 5.24. The van der Waals surface area contributed by atoms with E-state index in [-0.39, 0.29) is 36.4 Å². The van der Waals surface area contributed by atoms with Crippen molar-refractivity contribution in [1.29, 1.82) is 0 Å².